The molecule has 0 saturated carbocycles. The fourth-order valence-electron chi connectivity index (χ4n) is 2.29. The molecular weight excluding hydrogens is 391 g/mol. The molecule has 3 aromatic rings. The third-order valence-electron chi connectivity index (χ3n) is 3.57. The number of amides is 1. The first-order valence-corrected chi connectivity index (χ1v) is 9.50. The van der Waals surface area contributed by atoms with E-state index in [1.807, 2.05) is 0 Å². The second kappa shape index (κ2) is 8.23. The van der Waals surface area contributed by atoms with Gasteiger partial charge in [-0.3, -0.25) is 20.2 Å². The summed E-state index contributed by atoms with van der Waals surface area (Å²) in [5, 5.41) is 21.9. The number of nitro benzene ring substituents is 1. The standard InChI is InChI=1S/C17H13FN4O3S2/c1-10-3-2-4-13(14(10)22(24)25)15(23)19-16-20-21-17(27-16)26-9-11-5-7-12(18)8-6-11/h2-8H,9H2,1H3,(H,19,20,23). The molecule has 0 spiro atoms. The average molecular weight is 404 g/mol. The first-order valence-electron chi connectivity index (χ1n) is 7.70. The molecular formula is C17H13FN4O3S2. The van der Waals surface area contributed by atoms with Gasteiger partial charge in [0.25, 0.3) is 11.6 Å². The normalized spacial score (nSPS) is 10.6. The lowest BCUT2D eigenvalue weighted by atomic mass is 10.1. The van der Waals surface area contributed by atoms with E-state index >= 15 is 0 Å². The van der Waals surface area contributed by atoms with Gasteiger partial charge in [-0.05, 0) is 30.7 Å². The van der Waals surface area contributed by atoms with Crippen LogP contribution in [0.5, 0.6) is 0 Å². The number of carbonyl (C=O) groups excluding carboxylic acids is 1. The molecule has 0 saturated heterocycles. The van der Waals surface area contributed by atoms with E-state index in [1.165, 1.54) is 30.0 Å². The molecule has 0 aliphatic heterocycles. The highest BCUT2D eigenvalue weighted by Crippen LogP contribution is 2.29. The molecule has 138 valence electrons. The van der Waals surface area contributed by atoms with Gasteiger partial charge in [0.15, 0.2) is 4.34 Å². The maximum atomic E-state index is 12.9. The largest absolute Gasteiger partial charge is 0.296 e. The number of hydrogen-bond acceptors (Lipinski definition) is 7. The van der Waals surface area contributed by atoms with Gasteiger partial charge in [-0.2, -0.15) is 0 Å². The van der Waals surface area contributed by atoms with Crippen molar-refractivity contribution < 1.29 is 14.1 Å². The monoisotopic (exact) mass is 404 g/mol. The Kier molecular flexibility index (Phi) is 5.77. The summed E-state index contributed by atoms with van der Waals surface area (Å²) in [6.45, 7) is 1.57. The Morgan fingerprint density at radius 1 is 1.26 bits per heavy atom. The van der Waals surface area contributed by atoms with Crippen molar-refractivity contribution in [3.05, 3.63) is 75.1 Å². The number of benzene rings is 2. The Bertz CT molecular complexity index is 992. The van der Waals surface area contributed by atoms with Crippen LogP contribution in [-0.4, -0.2) is 21.0 Å². The maximum Gasteiger partial charge on any atom is 0.285 e. The zero-order chi connectivity index (χ0) is 19.4. The molecule has 0 fully saturated rings. The molecule has 0 atom stereocenters. The van der Waals surface area contributed by atoms with Crippen LogP contribution in [0.25, 0.3) is 0 Å². The molecule has 7 nitrogen and oxygen atoms in total. The quantitative estimate of drug-likeness (QED) is 0.282. The molecule has 1 aromatic heterocycles. The number of rotatable bonds is 6. The zero-order valence-electron chi connectivity index (χ0n) is 14.0. The van der Waals surface area contributed by atoms with Crippen LogP contribution in [0.1, 0.15) is 21.5 Å². The van der Waals surface area contributed by atoms with Crippen LogP contribution in [0.2, 0.25) is 0 Å². The number of hydrogen-bond donors (Lipinski definition) is 1. The summed E-state index contributed by atoms with van der Waals surface area (Å²) < 4.78 is 13.5. The minimum absolute atomic E-state index is 0.0317. The van der Waals surface area contributed by atoms with E-state index in [9.17, 15) is 19.3 Å². The lowest BCUT2D eigenvalue weighted by Gasteiger charge is -2.04. The van der Waals surface area contributed by atoms with Crippen molar-refractivity contribution in [2.75, 3.05) is 5.32 Å². The van der Waals surface area contributed by atoms with E-state index in [2.05, 4.69) is 15.5 Å². The Morgan fingerprint density at radius 2 is 2.00 bits per heavy atom. The number of nitrogens with one attached hydrogen (secondary N) is 1. The second-order valence-electron chi connectivity index (χ2n) is 5.47. The summed E-state index contributed by atoms with van der Waals surface area (Å²) in [5.41, 5.74) is 1.07. The molecule has 1 amide bonds. The number of aromatic nitrogens is 2. The van der Waals surface area contributed by atoms with Crippen molar-refractivity contribution >= 4 is 39.8 Å². The van der Waals surface area contributed by atoms with E-state index < -0.39 is 10.8 Å². The summed E-state index contributed by atoms with van der Waals surface area (Å²) in [5.74, 6) is -0.335. The molecule has 0 aliphatic rings. The third-order valence-corrected chi connectivity index (χ3v) is 5.61. The zero-order valence-corrected chi connectivity index (χ0v) is 15.6. The second-order valence-corrected chi connectivity index (χ2v) is 7.67. The molecule has 1 N–H and O–H groups in total. The van der Waals surface area contributed by atoms with Gasteiger partial charge in [0.1, 0.15) is 11.4 Å². The predicted molar refractivity (Wildman–Crippen MR) is 102 cm³/mol. The first-order chi connectivity index (χ1) is 12.9. The SMILES string of the molecule is Cc1cccc(C(=O)Nc2nnc(SCc3ccc(F)cc3)s2)c1[N+](=O)[O-]. The van der Waals surface area contributed by atoms with Gasteiger partial charge in [0.05, 0.1) is 4.92 Å². The van der Waals surface area contributed by atoms with E-state index in [1.54, 1.807) is 31.2 Å². The smallest absolute Gasteiger partial charge is 0.285 e. The molecule has 3 rings (SSSR count). The van der Waals surface area contributed by atoms with E-state index in [4.69, 9.17) is 0 Å². The molecule has 0 unspecified atom stereocenters. The van der Waals surface area contributed by atoms with Crippen molar-refractivity contribution in [3.63, 3.8) is 0 Å². The Hall–Kier alpha value is -2.85. The van der Waals surface area contributed by atoms with Gasteiger partial charge < -0.3 is 0 Å². The molecule has 2 aromatic carbocycles. The number of thioether (sulfide) groups is 1. The fraction of sp³-hybridized carbons (Fsp3) is 0.118. The predicted octanol–water partition coefficient (Wildman–Crippen LogP) is 4.44. The van der Waals surface area contributed by atoms with Crippen LogP contribution in [0.15, 0.2) is 46.8 Å². The number of halogens is 1. The highest BCUT2D eigenvalue weighted by atomic mass is 32.2. The maximum absolute atomic E-state index is 12.9. The van der Waals surface area contributed by atoms with Crippen molar-refractivity contribution in [2.45, 2.75) is 17.0 Å². The Balaban J connectivity index is 1.67. The van der Waals surface area contributed by atoms with Crippen molar-refractivity contribution in [1.82, 2.24) is 10.2 Å². The van der Waals surface area contributed by atoms with E-state index in [-0.39, 0.29) is 22.2 Å². The van der Waals surface area contributed by atoms with Gasteiger partial charge in [0.2, 0.25) is 5.13 Å². The number of nitro groups is 1. The highest BCUT2D eigenvalue weighted by Gasteiger charge is 2.23. The minimum Gasteiger partial charge on any atom is -0.296 e. The van der Waals surface area contributed by atoms with Gasteiger partial charge in [0, 0.05) is 11.3 Å². The van der Waals surface area contributed by atoms with Crippen LogP contribution >= 0.6 is 23.1 Å². The summed E-state index contributed by atoms with van der Waals surface area (Å²) in [6.07, 6.45) is 0. The number of carbonyl (C=O) groups is 1. The molecule has 27 heavy (non-hydrogen) atoms. The van der Waals surface area contributed by atoms with Crippen LogP contribution in [0, 0.1) is 22.9 Å². The molecule has 0 radical (unpaired) electrons. The molecule has 0 aliphatic carbocycles. The lowest BCUT2D eigenvalue weighted by molar-refractivity contribution is -0.385. The van der Waals surface area contributed by atoms with Crippen LogP contribution in [0.4, 0.5) is 15.2 Å². The minimum atomic E-state index is -0.614. The van der Waals surface area contributed by atoms with Crippen LogP contribution in [0.3, 0.4) is 0 Å². The number of nitrogens with zero attached hydrogens (tertiary/aromatic N) is 3. The topological polar surface area (TPSA) is 98.0 Å². The fourth-order valence-corrected chi connectivity index (χ4v) is 4.00. The van der Waals surface area contributed by atoms with Gasteiger partial charge in [-0.15, -0.1) is 10.2 Å². The summed E-state index contributed by atoms with van der Waals surface area (Å²) in [7, 11) is 0. The van der Waals surface area contributed by atoms with Gasteiger partial charge in [-0.1, -0.05) is 47.4 Å². The van der Waals surface area contributed by atoms with Crippen molar-refractivity contribution in [1.29, 1.82) is 0 Å². The lowest BCUT2D eigenvalue weighted by Crippen LogP contribution is -2.14. The summed E-state index contributed by atoms with van der Waals surface area (Å²) in [4.78, 5) is 23.0. The average Bonchev–Trinajstić information content (AvgIpc) is 3.08. The molecule has 1 heterocycles. The van der Waals surface area contributed by atoms with E-state index in [0.717, 1.165) is 16.9 Å². The van der Waals surface area contributed by atoms with Crippen LogP contribution in [-0.2, 0) is 5.75 Å². The first kappa shape index (κ1) is 18.9. The highest BCUT2D eigenvalue weighted by molar-refractivity contribution is 8.00. The van der Waals surface area contributed by atoms with E-state index in [0.29, 0.717) is 15.7 Å². The number of para-hydroxylation sites is 1. The summed E-state index contributed by atoms with van der Waals surface area (Å²) in [6, 6.07) is 10.7. The van der Waals surface area contributed by atoms with Crippen LogP contribution < -0.4 is 5.32 Å². The Labute approximate surface area is 161 Å². The number of anilines is 1. The van der Waals surface area contributed by atoms with Gasteiger partial charge >= 0.3 is 0 Å². The Morgan fingerprint density at radius 3 is 2.70 bits per heavy atom. The van der Waals surface area contributed by atoms with Gasteiger partial charge in [-0.25, -0.2) is 4.39 Å². The molecule has 0 bridgehead atoms. The molecule has 10 heteroatoms. The van der Waals surface area contributed by atoms with Crippen molar-refractivity contribution in [3.8, 4) is 0 Å². The number of aryl methyl sites for hydroxylation is 1. The summed E-state index contributed by atoms with van der Waals surface area (Å²) >= 11 is 2.56. The third kappa shape index (κ3) is 4.66. The van der Waals surface area contributed by atoms with Crippen molar-refractivity contribution in [2.24, 2.45) is 0 Å².